The molecular weight excluding hydrogens is 162 g/mol. The summed E-state index contributed by atoms with van der Waals surface area (Å²) in [6, 6.07) is 0. The zero-order valence-electron chi connectivity index (χ0n) is 7.23. The molecule has 0 radical (unpaired) electrons. The first-order chi connectivity index (χ1) is 5.49. The quantitative estimate of drug-likeness (QED) is 0.470. The van der Waals surface area contributed by atoms with E-state index >= 15 is 0 Å². The summed E-state index contributed by atoms with van der Waals surface area (Å²) in [5, 5.41) is 0. The van der Waals surface area contributed by atoms with E-state index in [2.05, 4.69) is 17.9 Å². The van der Waals surface area contributed by atoms with Gasteiger partial charge in [-0.05, 0) is 18.6 Å². The monoisotopic (exact) mass is 174 g/mol. The summed E-state index contributed by atoms with van der Waals surface area (Å²) in [6.07, 6.45) is -1.35. The lowest BCUT2D eigenvalue weighted by Gasteiger charge is -2.06. The van der Waals surface area contributed by atoms with Crippen molar-refractivity contribution in [1.82, 2.24) is 0 Å². The van der Waals surface area contributed by atoms with Gasteiger partial charge in [-0.15, -0.1) is 0 Å². The molecule has 0 atom stereocenters. The van der Waals surface area contributed by atoms with Gasteiger partial charge in [0, 0.05) is 5.57 Å². The Kier molecular flexibility index (Phi) is 4.26. The Hall–Kier alpha value is -1.12. The second-order valence-electron chi connectivity index (χ2n) is 2.35. The summed E-state index contributed by atoms with van der Waals surface area (Å²) >= 11 is 0. The van der Waals surface area contributed by atoms with E-state index in [1.54, 1.807) is 0 Å². The maximum Gasteiger partial charge on any atom is 0.264 e. The lowest BCUT2D eigenvalue weighted by atomic mass is 10.1. The van der Waals surface area contributed by atoms with Crippen LogP contribution in [0.2, 0.25) is 0 Å². The zero-order chi connectivity index (χ0) is 9.72. The molecule has 0 aliphatic heterocycles. The number of allylic oxidation sites excluding steroid dienone is 3. The van der Waals surface area contributed by atoms with Gasteiger partial charge in [-0.2, -0.15) is 0 Å². The molecule has 0 aliphatic rings. The van der Waals surface area contributed by atoms with Crippen LogP contribution in [0.1, 0.15) is 6.92 Å². The molecule has 0 bridgehead atoms. The van der Waals surface area contributed by atoms with Gasteiger partial charge in [0.25, 0.3) is 6.43 Å². The van der Waals surface area contributed by atoms with Crippen LogP contribution in [0.3, 0.4) is 0 Å². The fourth-order valence-corrected chi connectivity index (χ4v) is 0.605. The van der Waals surface area contributed by atoms with Crippen LogP contribution in [0.4, 0.5) is 8.78 Å². The number of methoxy groups -OCH3 is 1. The maximum absolute atomic E-state index is 12.2. The third-order valence-electron chi connectivity index (χ3n) is 1.31. The highest BCUT2D eigenvalue weighted by Gasteiger charge is 2.11. The van der Waals surface area contributed by atoms with Crippen LogP contribution in [0.5, 0.6) is 0 Å². The third-order valence-corrected chi connectivity index (χ3v) is 1.31. The first-order valence-electron chi connectivity index (χ1n) is 3.37. The van der Waals surface area contributed by atoms with Gasteiger partial charge in [-0.25, -0.2) is 8.78 Å². The van der Waals surface area contributed by atoms with Crippen LogP contribution in [0, 0.1) is 0 Å². The number of alkyl halides is 2. The molecule has 0 saturated heterocycles. The molecule has 0 N–H and O–H groups in total. The third kappa shape index (κ3) is 3.32. The van der Waals surface area contributed by atoms with Gasteiger partial charge >= 0.3 is 0 Å². The Morgan fingerprint density at radius 3 is 2.17 bits per heavy atom. The molecule has 0 fully saturated rings. The lowest BCUT2D eigenvalue weighted by molar-refractivity contribution is 0.191. The molecule has 0 aromatic carbocycles. The van der Waals surface area contributed by atoms with Crippen molar-refractivity contribution in [2.45, 2.75) is 13.3 Å². The largest absolute Gasteiger partial charge is 0.497 e. The molecule has 3 heteroatoms. The van der Waals surface area contributed by atoms with E-state index in [4.69, 9.17) is 0 Å². The summed E-state index contributed by atoms with van der Waals surface area (Å²) in [7, 11) is 1.38. The van der Waals surface area contributed by atoms with Crippen molar-refractivity contribution in [2.24, 2.45) is 0 Å². The molecular formula is C9H12F2O. The highest BCUT2D eigenvalue weighted by atomic mass is 19.3. The summed E-state index contributed by atoms with van der Waals surface area (Å²) < 4.78 is 29.1. The van der Waals surface area contributed by atoms with Gasteiger partial charge in [0.05, 0.1) is 7.11 Å². The second-order valence-corrected chi connectivity index (χ2v) is 2.35. The van der Waals surface area contributed by atoms with Gasteiger partial charge in [-0.1, -0.05) is 13.2 Å². The number of ether oxygens (including phenoxy) is 1. The predicted molar refractivity (Wildman–Crippen MR) is 45.1 cm³/mol. The van der Waals surface area contributed by atoms with E-state index in [1.165, 1.54) is 20.1 Å². The van der Waals surface area contributed by atoms with E-state index in [9.17, 15) is 8.78 Å². The molecule has 0 amide bonds. The fourth-order valence-electron chi connectivity index (χ4n) is 0.605. The number of hydrogen-bond donors (Lipinski definition) is 0. The van der Waals surface area contributed by atoms with E-state index in [0.717, 1.165) is 0 Å². The molecule has 0 heterocycles. The van der Waals surface area contributed by atoms with Crippen molar-refractivity contribution in [2.75, 3.05) is 7.11 Å². The standard InChI is InChI=1S/C9H12F2O/c1-6(2)8(9(10)11)5-7(3)12-4/h5,9H,1,3H2,2,4H3/b8-5+. The van der Waals surface area contributed by atoms with Gasteiger partial charge in [0.15, 0.2) is 0 Å². The van der Waals surface area contributed by atoms with Gasteiger partial charge in [0.2, 0.25) is 0 Å². The Morgan fingerprint density at radius 1 is 1.42 bits per heavy atom. The predicted octanol–water partition coefficient (Wildman–Crippen LogP) is 2.91. The number of rotatable bonds is 4. The summed E-state index contributed by atoms with van der Waals surface area (Å²) in [6.45, 7) is 8.34. The average Bonchev–Trinajstić information content (AvgIpc) is 1.98. The van der Waals surface area contributed by atoms with Crippen molar-refractivity contribution in [1.29, 1.82) is 0 Å². The minimum atomic E-state index is -2.53. The van der Waals surface area contributed by atoms with E-state index < -0.39 is 6.43 Å². The molecule has 1 nitrogen and oxygen atoms in total. The van der Waals surface area contributed by atoms with Crippen LogP contribution in [-0.4, -0.2) is 13.5 Å². The van der Waals surface area contributed by atoms with E-state index in [0.29, 0.717) is 5.57 Å². The van der Waals surface area contributed by atoms with E-state index in [1.807, 2.05) is 0 Å². The highest BCUT2D eigenvalue weighted by Crippen LogP contribution is 2.18. The van der Waals surface area contributed by atoms with Crippen molar-refractivity contribution in [3.8, 4) is 0 Å². The van der Waals surface area contributed by atoms with Crippen molar-refractivity contribution < 1.29 is 13.5 Å². The van der Waals surface area contributed by atoms with Crippen LogP contribution < -0.4 is 0 Å². The SMILES string of the molecule is C=C(/C=C(\C(=C)C)C(F)F)OC. The van der Waals surface area contributed by atoms with Gasteiger partial charge in [-0.3, -0.25) is 0 Å². The Labute approximate surface area is 71.0 Å². The lowest BCUT2D eigenvalue weighted by Crippen LogP contribution is -1.98. The van der Waals surface area contributed by atoms with Crippen molar-refractivity contribution >= 4 is 0 Å². The molecule has 68 valence electrons. The number of halogens is 2. The molecule has 12 heavy (non-hydrogen) atoms. The van der Waals surface area contributed by atoms with Crippen molar-refractivity contribution in [3.05, 3.63) is 36.1 Å². The van der Waals surface area contributed by atoms with Gasteiger partial charge < -0.3 is 4.74 Å². The molecule has 0 saturated carbocycles. The van der Waals surface area contributed by atoms with Crippen LogP contribution in [0.25, 0.3) is 0 Å². The normalized spacial score (nSPS) is 11.6. The average molecular weight is 174 g/mol. The molecule has 0 unspecified atom stereocenters. The Morgan fingerprint density at radius 2 is 1.92 bits per heavy atom. The second kappa shape index (κ2) is 4.70. The minimum Gasteiger partial charge on any atom is -0.497 e. The maximum atomic E-state index is 12.2. The smallest absolute Gasteiger partial charge is 0.264 e. The summed E-state index contributed by atoms with van der Waals surface area (Å²) in [5.41, 5.74) is 0.185. The molecule has 0 aliphatic carbocycles. The van der Waals surface area contributed by atoms with Gasteiger partial charge in [0.1, 0.15) is 5.76 Å². The van der Waals surface area contributed by atoms with E-state index in [-0.39, 0.29) is 11.3 Å². The van der Waals surface area contributed by atoms with Crippen LogP contribution in [-0.2, 0) is 4.74 Å². The first-order valence-corrected chi connectivity index (χ1v) is 3.37. The van der Waals surface area contributed by atoms with Crippen molar-refractivity contribution in [3.63, 3.8) is 0 Å². The molecule has 0 spiro atoms. The zero-order valence-corrected chi connectivity index (χ0v) is 7.23. The Balaban J connectivity index is 4.61. The fraction of sp³-hybridized carbons (Fsp3) is 0.333. The minimum absolute atomic E-state index is 0.137. The van der Waals surface area contributed by atoms with Crippen LogP contribution >= 0.6 is 0 Å². The highest BCUT2D eigenvalue weighted by molar-refractivity contribution is 5.33. The molecule has 0 aromatic heterocycles. The number of hydrogen-bond acceptors (Lipinski definition) is 1. The topological polar surface area (TPSA) is 9.23 Å². The summed E-state index contributed by atoms with van der Waals surface area (Å²) in [5.74, 6) is 0.202. The van der Waals surface area contributed by atoms with Crippen LogP contribution in [0.15, 0.2) is 36.1 Å². The molecule has 0 aromatic rings. The summed E-state index contributed by atoms with van der Waals surface area (Å²) in [4.78, 5) is 0. The first kappa shape index (κ1) is 10.9. The Bertz CT molecular complexity index is 217. The molecule has 0 rings (SSSR count).